The van der Waals surface area contributed by atoms with Crippen molar-refractivity contribution in [2.45, 2.75) is 19.4 Å². The summed E-state index contributed by atoms with van der Waals surface area (Å²) in [5.41, 5.74) is 1.40. The summed E-state index contributed by atoms with van der Waals surface area (Å²) < 4.78 is 0. The van der Waals surface area contributed by atoms with Gasteiger partial charge in [0.05, 0.1) is 12.0 Å². The molecule has 0 radical (unpaired) electrons. The predicted molar refractivity (Wildman–Crippen MR) is 95.3 cm³/mol. The van der Waals surface area contributed by atoms with Crippen molar-refractivity contribution in [1.82, 2.24) is 10.6 Å². The van der Waals surface area contributed by atoms with E-state index in [1.54, 1.807) is 48.5 Å². The molecule has 0 saturated carbocycles. The van der Waals surface area contributed by atoms with Crippen molar-refractivity contribution in [2.24, 2.45) is 0 Å². The van der Waals surface area contributed by atoms with Gasteiger partial charge in [-0.3, -0.25) is 9.59 Å². The molecule has 0 heterocycles. The summed E-state index contributed by atoms with van der Waals surface area (Å²) in [5.74, 6) is -2.53. The summed E-state index contributed by atoms with van der Waals surface area (Å²) in [6.45, 7) is 1.27. The standard InChI is InChI=1S/C20H20N2O4/c1-14(23)21-17(12-15-8-4-2-5-9-15)19(24)22-18(20(25)26)13-16-10-6-3-7-11-16/h2-12,18H,13H2,1H3,(H,21,23)(H,22,24)(H,25,26)/p-1/b17-12+/t18-/m0/s1. The first-order valence-electron chi connectivity index (χ1n) is 8.05. The Balaban J connectivity index is 2.19. The van der Waals surface area contributed by atoms with Gasteiger partial charge in [0.2, 0.25) is 5.91 Å². The summed E-state index contributed by atoms with van der Waals surface area (Å²) in [6.07, 6.45) is 1.55. The second-order valence-electron chi connectivity index (χ2n) is 5.68. The highest BCUT2D eigenvalue weighted by atomic mass is 16.4. The predicted octanol–water partition coefficient (Wildman–Crippen LogP) is 0.641. The Kier molecular flexibility index (Phi) is 6.68. The van der Waals surface area contributed by atoms with Crippen molar-refractivity contribution in [2.75, 3.05) is 0 Å². The fraction of sp³-hybridized carbons (Fsp3) is 0.150. The number of carbonyl (C=O) groups excluding carboxylic acids is 3. The molecule has 26 heavy (non-hydrogen) atoms. The second-order valence-corrected chi connectivity index (χ2v) is 5.68. The van der Waals surface area contributed by atoms with E-state index in [-0.39, 0.29) is 12.1 Å². The lowest BCUT2D eigenvalue weighted by atomic mass is 10.1. The molecule has 0 unspecified atom stereocenters. The van der Waals surface area contributed by atoms with Gasteiger partial charge in [0, 0.05) is 6.92 Å². The first-order chi connectivity index (χ1) is 12.5. The smallest absolute Gasteiger partial charge is 0.268 e. The van der Waals surface area contributed by atoms with Gasteiger partial charge in [-0.05, 0) is 23.6 Å². The zero-order valence-electron chi connectivity index (χ0n) is 14.3. The first kappa shape index (κ1) is 18.9. The van der Waals surface area contributed by atoms with Crippen LogP contribution in [0.2, 0.25) is 0 Å². The molecule has 134 valence electrons. The maximum atomic E-state index is 12.5. The number of hydrogen-bond acceptors (Lipinski definition) is 4. The number of carboxylic acids is 1. The molecule has 0 fully saturated rings. The molecule has 0 aliphatic carbocycles. The average molecular weight is 351 g/mol. The van der Waals surface area contributed by atoms with Crippen LogP contribution in [0.3, 0.4) is 0 Å². The zero-order chi connectivity index (χ0) is 18.9. The third kappa shape index (κ3) is 5.90. The molecule has 6 heteroatoms. The number of benzene rings is 2. The summed E-state index contributed by atoms with van der Waals surface area (Å²) in [5, 5.41) is 16.2. The van der Waals surface area contributed by atoms with E-state index in [9.17, 15) is 19.5 Å². The van der Waals surface area contributed by atoms with E-state index in [2.05, 4.69) is 10.6 Å². The SMILES string of the molecule is CC(=O)N/C(=C/c1ccccc1)C(=O)N[C@@H](Cc1ccccc1)C(=O)[O-]. The Hall–Kier alpha value is -3.41. The van der Waals surface area contributed by atoms with Crippen LogP contribution in [0, 0.1) is 0 Å². The highest BCUT2D eigenvalue weighted by Crippen LogP contribution is 2.07. The van der Waals surface area contributed by atoms with E-state index in [4.69, 9.17) is 0 Å². The maximum absolute atomic E-state index is 12.5. The van der Waals surface area contributed by atoms with Gasteiger partial charge < -0.3 is 20.5 Å². The Morgan fingerprint density at radius 3 is 2.12 bits per heavy atom. The van der Waals surface area contributed by atoms with Crippen LogP contribution in [0.25, 0.3) is 6.08 Å². The largest absolute Gasteiger partial charge is 0.548 e. The van der Waals surface area contributed by atoms with Gasteiger partial charge in [-0.25, -0.2) is 0 Å². The molecule has 0 saturated heterocycles. The van der Waals surface area contributed by atoms with E-state index in [0.29, 0.717) is 5.56 Å². The second kappa shape index (κ2) is 9.17. The number of carboxylic acid groups (broad SMARTS) is 1. The highest BCUT2D eigenvalue weighted by molar-refractivity contribution is 6.02. The lowest BCUT2D eigenvalue weighted by Gasteiger charge is -2.21. The molecule has 2 amide bonds. The van der Waals surface area contributed by atoms with Gasteiger partial charge in [0.1, 0.15) is 5.70 Å². The topological polar surface area (TPSA) is 98.3 Å². The molecule has 0 aromatic heterocycles. The molecule has 2 aromatic carbocycles. The van der Waals surface area contributed by atoms with Crippen molar-refractivity contribution in [1.29, 1.82) is 0 Å². The van der Waals surface area contributed by atoms with Gasteiger partial charge in [-0.1, -0.05) is 60.7 Å². The van der Waals surface area contributed by atoms with Crippen LogP contribution in [-0.2, 0) is 20.8 Å². The van der Waals surface area contributed by atoms with Crippen molar-refractivity contribution in [3.05, 3.63) is 77.5 Å². The zero-order valence-corrected chi connectivity index (χ0v) is 14.3. The molecule has 0 bridgehead atoms. The molecule has 6 nitrogen and oxygen atoms in total. The van der Waals surface area contributed by atoms with Crippen LogP contribution >= 0.6 is 0 Å². The monoisotopic (exact) mass is 351 g/mol. The van der Waals surface area contributed by atoms with E-state index in [1.807, 2.05) is 12.1 Å². The first-order valence-corrected chi connectivity index (χ1v) is 8.05. The molecule has 1 atom stereocenters. The fourth-order valence-corrected chi connectivity index (χ4v) is 2.34. The molecule has 2 aromatic rings. The minimum Gasteiger partial charge on any atom is -0.548 e. The van der Waals surface area contributed by atoms with Gasteiger partial charge in [-0.2, -0.15) is 0 Å². The van der Waals surface area contributed by atoms with E-state index < -0.39 is 23.8 Å². The average Bonchev–Trinajstić information content (AvgIpc) is 2.62. The molecule has 0 aliphatic heterocycles. The van der Waals surface area contributed by atoms with Crippen LogP contribution in [0.15, 0.2) is 66.4 Å². The summed E-state index contributed by atoms with van der Waals surface area (Å²) >= 11 is 0. The Morgan fingerprint density at radius 2 is 1.58 bits per heavy atom. The highest BCUT2D eigenvalue weighted by Gasteiger charge is 2.18. The molecule has 0 aliphatic rings. The quantitative estimate of drug-likeness (QED) is 0.715. The minimum atomic E-state index is -1.40. The van der Waals surface area contributed by atoms with Crippen molar-refractivity contribution in [3.8, 4) is 0 Å². The van der Waals surface area contributed by atoms with Crippen LogP contribution in [0.5, 0.6) is 0 Å². The molecular formula is C20H19N2O4-. The van der Waals surface area contributed by atoms with Gasteiger partial charge in [-0.15, -0.1) is 0 Å². The third-order valence-corrected chi connectivity index (χ3v) is 3.54. The Bertz CT molecular complexity index is 801. The lowest BCUT2D eigenvalue weighted by molar-refractivity contribution is -0.308. The number of hydrogen-bond donors (Lipinski definition) is 2. The number of rotatable bonds is 7. The van der Waals surface area contributed by atoms with Crippen molar-refractivity contribution in [3.63, 3.8) is 0 Å². The summed E-state index contributed by atoms with van der Waals surface area (Å²) in [7, 11) is 0. The molecule has 0 spiro atoms. The normalized spacial score (nSPS) is 12.1. The van der Waals surface area contributed by atoms with Crippen LogP contribution < -0.4 is 15.7 Å². The number of amides is 2. The molecular weight excluding hydrogens is 332 g/mol. The lowest BCUT2D eigenvalue weighted by Crippen LogP contribution is -2.50. The van der Waals surface area contributed by atoms with E-state index in [1.165, 1.54) is 13.0 Å². The van der Waals surface area contributed by atoms with E-state index in [0.717, 1.165) is 5.56 Å². The van der Waals surface area contributed by atoms with Gasteiger partial charge in [0.15, 0.2) is 0 Å². The summed E-state index contributed by atoms with van der Waals surface area (Å²) in [6, 6.07) is 16.6. The van der Waals surface area contributed by atoms with Gasteiger partial charge in [0.25, 0.3) is 5.91 Å². The van der Waals surface area contributed by atoms with Crippen molar-refractivity contribution >= 4 is 23.9 Å². The fourth-order valence-electron chi connectivity index (χ4n) is 2.34. The van der Waals surface area contributed by atoms with Crippen molar-refractivity contribution < 1.29 is 19.5 Å². The van der Waals surface area contributed by atoms with Crippen LogP contribution in [-0.4, -0.2) is 23.8 Å². The maximum Gasteiger partial charge on any atom is 0.268 e. The number of aliphatic carboxylic acids is 1. The Morgan fingerprint density at radius 1 is 1.00 bits per heavy atom. The Labute approximate surface area is 151 Å². The van der Waals surface area contributed by atoms with Gasteiger partial charge >= 0.3 is 0 Å². The van der Waals surface area contributed by atoms with Crippen LogP contribution in [0.1, 0.15) is 18.1 Å². The number of nitrogens with one attached hydrogen (secondary N) is 2. The van der Waals surface area contributed by atoms with Crippen LogP contribution in [0.4, 0.5) is 0 Å². The number of carbonyl (C=O) groups is 3. The molecule has 2 N–H and O–H groups in total. The third-order valence-electron chi connectivity index (χ3n) is 3.54. The molecule has 2 rings (SSSR count). The summed E-state index contributed by atoms with van der Waals surface area (Å²) in [4.78, 5) is 35.3. The van der Waals surface area contributed by atoms with E-state index >= 15 is 0 Å². The minimum absolute atomic E-state index is 0.0389.